The number of amides is 2. The SMILES string of the molecule is O=C(NCc1nccs1)Nc1cc(Cl)ccc1C(=O)O. The molecule has 1 aromatic carbocycles. The van der Waals surface area contributed by atoms with Gasteiger partial charge in [-0.2, -0.15) is 0 Å². The number of aromatic carboxylic acids is 1. The van der Waals surface area contributed by atoms with Crippen LogP contribution in [0.3, 0.4) is 0 Å². The average molecular weight is 312 g/mol. The molecule has 3 N–H and O–H groups in total. The van der Waals surface area contributed by atoms with E-state index < -0.39 is 12.0 Å². The van der Waals surface area contributed by atoms with Crippen LogP contribution >= 0.6 is 22.9 Å². The van der Waals surface area contributed by atoms with Crippen molar-refractivity contribution in [3.05, 3.63) is 45.4 Å². The van der Waals surface area contributed by atoms with E-state index in [1.807, 2.05) is 0 Å². The Balaban J connectivity index is 2.03. The van der Waals surface area contributed by atoms with Crippen molar-refractivity contribution in [2.75, 3.05) is 5.32 Å². The Bertz CT molecular complexity index is 631. The van der Waals surface area contributed by atoms with E-state index in [1.165, 1.54) is 29.5 Å². The van der Waals surface area contributed by atoms with E-state index in [9.17, 15) is 9.59 Å². The Kier molecular flexibility index (Phi) is 4.54. The monoisotopic (exact) mass is 311 g/mol. The van der Waals surface area contributed by atoms with Crippen LogP contribution in [0.25, 0.3) is 0 Å². The molecule has 2 aromatic rings. The third-order valence-electron chi connectivity index (χ3n) is 2.34. The van der Waals surface area contributed by atoms with Crippen LogP contribution in [0.5, 0.6) is 0 Å². The number of carbonyl (C=O) groups excluding carboxylic acids is 1. The molecular formula is C12H10ClN3O3S. The standard InChI is InChI=1S/C12H10ClN3O3S/c13-7-1-2-8(11(17)18)9(5-7)16-12(19)15-6-10-14-3-4-20-10/h1-5H,6H2,(H,17,18)(H2,15,16,19). The van der Waals surface area contributed by atoms with Gasteiger partial charge in [0.2, 0.25) is 0 Å². The molecule has 8 heteroatoms. The maximum atomic E-state index is 11.7. The second kappa shape index (κ2) is 6.36. The fourth-order valence-corrected chi connectivity index (χ4v) is 2.20. The number of rotatable bonds is 4. The largest absolute Gasteiger partial charge is 0.478 e. The van der Waals surface area contributed by atoms with Gasteiger partial charge in [-0.15, -0.1) is 11.3 Å². The maximum Gasteiger partial charge on any atom is 0.337 e. The smallest absolute Gasteiger partial charge is 0.337 e. The Labute approximate surface area is 123 Å². The highest BCUT2D eigenvalue weighted by atomic mass is 35.5. The molecule has 1 heterocycles. The molecule has 0 saturated heterocycles. The number of anilines is 1. The number of urea groups is 1. The number of carboxylic acids is 1. The number of nitrogens with one attached hydrogen (secondary N) is 2. The summed E-state index contributed by atoms with van der Waals surface area (Å²) >= 11 is 7.20. The molecule has 0 bridgehead atoms. The van der Waals surface area contributed by atoms with Gasteiger partial charge in [-0.1, -0.05) is 11.6 Å². The summed E-state index contributed by atoms with van der Waals surface area (Å²) in [5.74, 6) is -1.14. The molecule has 0 unspecified atom stereocenters. The van der Waals surface area contributed by atoms with Crippen LogP contribution in [0.4, 0.5) is 10.5 Å². The van der Waals surface area contributed by atoms with Crippen molar-refractivity contribution in [3.63, 3.8) is 0 Å². The molecule has 6 nitrogen and oxygen atoms in total. The van der Waals surface area contributed by atoms with Crippen LogP contribution in [0, 0.1) is 0 Å². The van der Waals surface area contributed by atoms with Crippen LogP contribution in [0.1, 0.15) is 15.4 Å². The third-order valence-corrected chi connectivity index (χ3v) is 3.36. The molecular weight excluding hydrogens is 302 g/mol. The van der Waals surface area contributed by atoms with E-state index in [1.54, 1.807) is 11.6 Å². The van der Waals surface area contributed by atoms with E-state index in [0.717, 1.165) is 5.01 Å². The van der Waals surface area contributed by atoms with Crippen LogP contribution in [-0.2, 0) is 6.54 Å². The summed E-state index contributed by atoms with van der Waals surface area (Å²) in [6, 6.07) is 3.64. The number of thiazole rings is 1. The zero-order valence-electron chi connectivity index (χ0n) is 10.1. The van der Waals surface area contributed by atoms with Gasteiger partial charge < -0.3 is 15.7 Å². The maximum absolute atomic E-state index is 11.7. The molecule has 0 atom stereocenters. The highest BCUT2D eigenvalue weighted by Crippen LogP contribution is 2.21. The Morgan fingerprint density at radius 1 is 1.40 bits per heavy atom. The fraction of sp³-hybridized carbons (Fsp3) is 0.0833. The van der Waals surface area contributed by atoms with Crippen molar-refractivity contribution in [2.24, 2.45) is 0 Å². The summed E-state index contributed by atoms with van der Waals surface area (Å²) in [7, 11) is 0. The first-order chi connectivity index (χ1) is 9.56. The second-order valence-electron chi connectivity index (χ2n) is 3.73. The van der Waals surface area contributed by atoms with Crippen molar-refractivity contribution >= 4 is 40.6 Å². The van der Waals surface area contributed by atoms with Crippen LogP contribution < -0.4 is 10.6 Å². The van der Waals surface area contributed by atoms with Crippen molar-refractivity contribution < 1.29 is 14.7 Å². The number of hydrogen-bond acceptors (Lipinski definition) is 4. The minimum Gasteiger partial charge on any atom is -0.478 e. The lowest BCUT2D eigenvalue weighted by atomic mass is 10.2. The highest BCUT2D eigenvalue weighted by molar-refractivity contribution is 7.09. The third kappa shape index (κ3) is 3.69. The number of nitrogens with zero attached hydrogens (tertiary/aromatic N) is 1. The number of carbonyl (C=O) groups is 2. The summed E-state index contributed by atoms with van der Waals surface area (Å²) in [5, 5.41) is 17.0. The quantitative estimate of drug-likeness (QED) is 0.809. The molecule has 1 aromatic heterocycles. The molecule has 0 fully saturated rings. The second-order valence-corrected chi connectivity index (χ2v) is 5.14. The predicted octanol–water partition coefficient (Wildman–Crippen LogP) is 2.82. The molecule has 0 radical (unpaired) electrons. The Morgan fingerprint density at radius 3 is 2.85 bits per heavy atom. The van der Waals surface area contributed by atoms with Gasteiger partial charge in [0, 0.05) is 16.6 Å². The Hall–Kier alpha value is -2.12. The number of carboxylic acid groups (broad SMARTS) is 1. The molecule has 2 rings (SSSR count). The van der Waals surface area contributed by atoms with E-state index in [2.05, 4.69) is 15.6 Å². The van der Waals surface area contributed by atoms with E-state index in [-0.39, 0.29) is 17.8 Å². The average Bonchev–Trinajstić information content (AvgIpc) is 2.89. The topological polar surface area (TPSA) is 91.3 Å². The summed E-state index contributed by atoms with van der Waals surface area (Å²) in [4.78, 5) is 26.8. The molecule has 104 valence electrons. The van der Waals surface area contributed by atoms with Gasteiger partial charge in [0.25, 0.3) is 0 Å². The zero-order valence-corrected chi connectivity index (χ0v) is 11.7. The summed E-state index contributed by atoms with van der Waals surface area (Å²) in [6.45, 7) is 0.270. The summed E-state index contributed by atoms with van der Waals surface area (Å²) in [5.41, 5.74) is 0.112. The molecule has 0 saturated carbocycles. The van der Waals surface area contributed by atoms with Gasteiger partial charge in [-0.05, 0) is 18.2 Å². The Morgan fingerprint density at radius 2 is 2.20 bits per heavy atom. The fourth-order valence-electron chi connectivity index (χ4n) is 1.47. The van der Waals surface area contributed by atoms with Crippen molar-refractivity contribution in [1.82, 2.24) is 10.3 Å². The van der Waals surface area contributed by atoms with E-state index in [0.29, 0.717) is 5.02 Å². The number of halogens is 1. The van der Waals surface area contributed by atoms with Gasteiger partial charge in [0.1, 0.15) is 5.01 Å². The molecule has 0 aliphatic heterocycles. The van der Waals surface area contributed by atoms with Gasteiger partial charge in [0.05, 0.1) is 17.8 Å². The number of aromatic nitrogens is 1. The van der Waals surface area contributed by atoms with E-state index in [4.69, 9.17) is 16.7 Å². The summed E-state index contributed by atoms with van der Waals surface area (Å²) in [6.07, 6.45) is 1.64. The van der Waals surface area contributed by atoms with Crippen molar-refractivity contribution in [2.45, 2.75) is 6.54 Å². The lowest BCUT2D eigenvalue weighted by Gasteiger charge is -2.09. The highest BCUT2D eigenvalue weighted by Gasteiger charge is 2.13. The lowest BCUT2D eigenvalue weighted by molar-refractivity contribution is 0.0698. The molecule has 20 heavy (non-hydrogen) atoms. The minimum atomic E-state index is -1.14. The minimum absolute atomic E-state index is 0.0289. The molecule has 0 spiro atoms. The number of hydrogen-bond donors (Lipinski definition) is 3. The number of benzene rings is 1. The van der Waals surface area contributed by atoms with Gasteiger partial charge >= 0.3 is 12.0 Å². The lowest BCUT2D eigenvalue weighted by Crippen LogP contribution is -2.28. The first-order valence-corrected chi connectivity index (χ1v) is 6.78. The van der Waals surface area contributed by atoms with Gasteiger partial charge in [-0.25, -0.2) is 14.6 Å². The molecule has 0 aliphatic rings. The van der Waals surface area contributed by atoms with Gasteiger partial charge in [0.15, 0.2) is 0 Å². The van der Waals surface area contributed by atoms with Crippen LogP contribution in [0.2, 0.25) is 5.02 Å². The van der Waals surface area contributed by atoms with Gasteiger partial charge in [-0.3, -0.25) is 0 Å². The normalized spacial score (nSPS) is 10.1. The van der Waals surface area contributed by atoms with Crippen molar-refractivity contribution in [1.29, 1.82) is 0 Å². The van der Waals surface area contributed by atoms with Crippen LogP contribution in [0.15, 0.2) is 29.8 Å². The molecule has 2 amide bonds. The van der Waals surface area contributed by atoms with Crippen LogP contribution in [-0.4, -0.2) is 22.1 Å². The predicted molar refractivity (Wildman–Crippen MR) is 76.4 cm³/mol. The first kappa shape index (κ1) is 14.3. The molecule has 0 aliphatic carbocycles. The van der Waals surface area contributed by atoms with Crippen molar-refractivity contribution in [3.8, 4) is 0 Å². The van der Waals surface area contributed by atoms with E-state index >= 15 is 0 Å². The zero-order chi connectivity index (χ0) is 14.5. The summed E-state index contributed by atoms with van der Waals surface area (Å²) < 4.78 is 0. The first-order valence-electron chi connectivity index (χ1n) is 5.52.